The van der Waals surface area contributed by atoms with E-state index in [9.17, 15) is 9.18 Å². The van der Waals surface area contributed by atoms with Crippen molar-refractivity contribution in [3.8, 4) is 11.5 Å². The Balaban J connectivity index is 1.73. The monoisotopic (exact) mass is 355 g/mol. The van der Waals surface area contributed by atoms with Gasteiger partial charge in [0.05, 0.1) is 10.6 Å². The third kappa shape index (κ3) is 3.51. The van der Waals surface area contributed by atoms with Gasteiger partial charge in [-0.1, -0.05) is 23.2 Å². The summed E-state index contributed by atoms with van der Waals surface area (Å²) in [7, 11) is 0. The average Bonchev–Trinajstić information content (AvgIpc) is 2.53. The molecule has 0 saturated heterocycles. The van der Waals surface area contributed by atoms with Gasteiger partial charge in [0.25, 0.3) is 5.91 Å². The third-order valence-corrected chi connectivity index (χ3v) is 3.80. The molecule has 1 N–H and O–H groups in total. The molecule has 0 unspecified atom stereocenters. The van der Waals surface area contributed by atoms with E-state index in [1.807, 2.05) is 0 Å². The second kappa shape index (κ2) is 6.64. The number of hydrogen-bond donors (Lipinski definition) is 1. The zero-order chi connectivity index (χ0) is 16.4. The summed E-state index contributed by atoms with van der Waals surface area (Å²) in [5.74, 6) is -0.178. The first-order valence-electron chi connectivity index (χ1n) is 6.86. The quantitative estimate of drug-likeness (QED) is 0.909. The van der Waals surface area contributed by atoms with Crippen molar-refractivity contribution >= 4 is 29.1 Å². The first kappa shape index (κ1) is 15.9. The Bertz CT molecular complexity index is 767. The molecule has 7 heteroatoms. The predicted molar refractivity (Wildman–Crippen MR) is 85.0 cm³/mol. The summed E-state index contributed by atoms with van der Waals surface area (Å²) in [5, 5.41) is 3.27. The Morgan fingerprint density at radius 2 is 1.96 bits per heavy atom. The maximum Gasteiger partial charge on any atom is 0.254 e. The number of carbonyl (C=O) groups is 1. The normalized spacial score (nSPS) is 12.8. The maximum absolute atomic E-state index is 13.7. The minimum absolute atomic E-state index is 0.0713. The zero-order valence-electron chi connectivity index (χ0n) is 11.9. The molecule has 0 aromatic heterocycles. The van der Waals surface area contributed by atoms with Crippen LogP contribution in [0, 0.1) is 5.82 Å². The van der Waals surface area contributed by atoms with Gasteiger partial charge in [-0.2, -0.15) is 0 Å². The zero-order valence-corrected chi connectivity index (χ0v) is 13.4. The second-order valence-corrected chi connectivity index (χ2v) is 5.75. The summed E-state index contributed by atoms with van der Waals surface area (Å²) in [6, 6.07) is 7.30. The Morgan fingerprint density at radius 1 is 1.17 bits per heavy atom. The largest absolute Gasteiger partial charge is 0.486 e. The minimum Gasteiger partial charge on any atom is -0.486 e. The summed E-state index contributed by atoms with van der Waals surface area (Å²) < 4.78 is 24.6. The van der Waals surface area contributed by atoms with Crippen LogP contribution >= 0.6 is 23.2 Å². The Kier molecular flexibility index (Phi) is 4.59. The number of amides is 1. The van der Waals surface area contributed by atoms with Crippen LogP contribution in [0.4, 0.5) is 4.39 Å². The van der Waals surface area contributed by atoms with Gasteiger partial charge in [0, 0.05) is 11.6 Å². The van der Waals surface area contributed by atoms with Crippen LogP contribution in [0.15, 0.2) is 30.3 Å². The van der Waals surface area contributed by atoms with E-state index in [1.54, 1.807) is 12.1 Å². The molecule has 0 aliphatic carbocycles. The number of halogens is 3. The first-order valence-corrected chi connectivity index (χ1v) is 7.61. The van der Waals surface area contributed by atoms with Gasteiger partial charge in [-0.05, 0) is 35.9 Å². The second-order valence-electron chi connectivity index (χ2n) is 4.91. The van der Waals surface area contributed by atoms with Crippen molar-refractivity contribution < 1.29 is 18.7 Å². The molecule has 3 rings (SSSR count). The van der Waals surface area contributed by atoms with Crippen LogP contribution in [0.3, 0.4) is 0 Å². The van der Waals surface area contributed by atoms with Crippen molar-refractivity contribution in [1.29, 1.82) is 0 Å². The fourth-order valence-electron chi connectivity index (χ4n) is 2.22. The van der Waals surface area contributed by atoms with E-state index in [2.05, 4.69) is 5.32 Å². The summed E-state index contributed by atoms with van der Waals surface area (Å²) in [6.45, 7) is 1.06. The molecule has 0 spiro atoms. The van der Waals surface area contributed by atoms with E-state index < -0.39 is 11.7 Å². The number of ether oxygens (including phenoxy) is 2. The lowest BCUT2D eigenvalue weighted by molar-refractivity contribution is 0.0946. The fourth-order valence-corrected chi connectivity index (χ4v) is 2.66. The van der Waals surface area contributed by atoms with E-state index >= 15 is 0 Å². The standard InChI is InChI=1S/C16H12Cl2FNO3/c17-10-1-2-11(13(19)7-10)16(21)20-8-9-5-12(18)15-14(6-9)22-3-4-23-15/h1-2,5-7H,3-4,8H2,(H,20,21). The van der Waals surface area contributed by atoms with Crippen molar-refractivity contribution in [1.82, 2.24) is 5.32 Å². The van der Waals surface area contributed by atoms with Gasteiger partial charge >= 0.3 is 0 Å². The highest BCUT2D eigenvalue weighted by Gasteiger charge is 2.17. The van der Waals surface area contributed by atoms with Crippen molar-refractivity contribution in [3.05, 3.63) is 57.3 Å². The topological polar surface area (TPSA) is 47.6 Å². The van der Waals surface area contributed by atoms with Crippen molar-refractivity contribution in [2.75, 3.05) is 13.2 Å². The molecular formula is C16H12Cl2FNO3. The highest BCUT2D eigenvalue weighted by molar-refractivity contribution is 6.32. The van der Waals surface area contributed by atoms with E-state index in [4.69, 9.17) is 32.7 Å². The van der Waals surface area contributed by atoms with Crippen LogP contribution in [0.5, 0.6) is 11.5 Å². The van der Waals surface area contributed by atoms with Gasteiger partial charge in [-0.25, -0.2) is 4.39 Å². The molecular weight excluding hydrogens is 344 g/mol. The number of hydrogen-bond acceptors (Lipinski definition) is 3. The van der Waals surface area contributed by atoms with Crippen LogP contribution in [-0.4, -0.2) is 19.1 Å². The summed E-state index contributed by atoms with van der Waals surface area (Å²) in [6.07, 6.45) is 0. The Morgan fingerprint density at radius 3 is 2.74 bits per heavy atom. The van der Waals surface area contributed by atoms with Crippen molar-refractivity contribution in [3.63, 3.8) is 0 Å². The lowest BCUT2D eigenvalue weighted by Crippen LogP contribution is -2.24. The van der Waals surface area contributed by atoms with Gasteiger partial charge in [0.1, 0.15) is 19.0 Å². The lowest BCUT2D eigenvalue weighted by atomic mass is 10.1. The van der Waals surface area contributed by atoms with Crippen LogP contribution in [0.2, 0.25) is 10.0 Å². The Labute approximate surface area is 142 Å². The molecule has 1 amide bonds. The molecule has 2 aromatic carbocycles. The number of benzene rings is 2. The van der Waals surface area contributed by atoms with Gasteiger partial charge in [0.2, 0.25) is 0 Å². The van der Waals surface area contributed by atoms with Crippen molar-refractivity contribution in [2.45, 2.75) is 6.54 Å². The highest BCUT2D eigenvalue weighted by Crippen LogP contribution is 2.38. The lowest BCUT2D eigenvalue weighted by Gasteiger charge is -2.20. The molecule has 0 radical (unpaired) electrons. The average molecular weight is 356 g/mol. The number of nitrogens with one attached hydrogen (secondary N) is 1. The molecule has 23 heavy (non-hydrogen) atoms. The first-order chi connectivity index (χ1) is 11.0. The molecule has 0 bridgehead atoms. The van der Waals surface area contributed by atoms with Crippen LogP contribution in [0.1, 0.15) is 15.9 Å². The number of fused-ring (bicyclic) bond motifs is 1. The fraction of sp³-hybridized carbons (Fsp3) is 0.188. The molecule has 1 aliphatic rings. The maximum atomic E-state index is 13.7. The molecule has 2 aromatic rings. The highest BCUT2D eigenvalue weighted by atomic mass is 35.5. The predicted octanol–water partition coefficient (Wildman–Crippen LogP) is 3.83. The Hall–Kier alpha value is -1.98. The molecule has 0 saturated carbocycles. The molecule has 4 nitrogen and oxygen atoms in total. The van der Waals surface area contributed by atoms with Gasteiger partial charge in [0.15, 0.2) is 11.5 Å². The smallest absolute Gasteiger partial charge is 0.254 e. The van der Waals surface area contributed by atoms with Crippen LogP contribution in [-0.2, 0) is 6.54 Å². The van der Waals surface area contributed by atoms with Crippen molar-refractivity contribution in [2.24, 2.45) is 0 Å². The molecule has 0 atom stereocenters. The number of carbonyl (C=O) groups excluding carboxylic acids is 1. The SMILES string of the molecule is O=C(NCc1cc(Cl)c2c(c1)OCCO2)c1ccc(Cl)cc1F. The van der Waals surface area contributed by atoms with E-state index in [-0.39, 0.29) is 17.1 Å². The summed E-state index contributed by atoms with van der Waals surface area (Å²) in [4.78, 5) is 12.0. The summed E-state index contributed by atoms with van der Waals surface area (Å²) in [5.41, 5.74) is 0.653. The van der Waals surface area contributed by atoms with Crippen LogP contribution < -0.4 is 14.8 Å². The molecule has 120 valence electrons. The van der Waals surface area contributed by atoms with Gasteiger partial charge in [-0.15, -0.1) is 0 Å². The van der Waals surface area contributed by atoms with E-state index in [1.165, 1.54) is 12.1 Å². The van der Waals surface area contributed by atoms with E-state index in [0.717, 1.165) is 11.6 Å². The summed E-state index contributed by atoms with van der Waals surface area (Å²) >= 11 is 11.8. The molecule has 1 heterocycles. The number of rotatable bonds is 3. The molecule has 0 fully saturated rings. The van der Waals surface area contributed by atoms with Gasteiger partial charge in [-0.3, -0.25) is 4.79 Å². The van der Waals surface area contributed by atoms with E-state index in [0.29, 0.717) is 29.7 Å². The molecule has 1 aliphatic heterocycles. The third-order valence-electron chi connectivity index (χ3n) is 3.29. The van der Waals surface area contributed by atoms with Crippen LogP contribution in [0.25, 0.3) is 0 Å². The minimum atomic E-state index is -0.671. The van der Waals surface area contributed by atoms with Gasteiger partial charge < -0.3 is 14.8 Å².